The maximum atomic E-state index is 14.6. The van der Waals surface area contributed by atoms with Crippen molar-refractivity contribution in [2.24, 2.45) is 3.77 Å². The molecule has 1 N–H and O–H groups in total. The third kappa shape index (κ3) is 6.66. The van der Waals surface area contributed by atoms with Gasteiger partial charge in [-0.05, 0) is 79.9 Å². The topological polar surface area (TPSA) is 84.8 Å². The summed E-state index contributed by atoms with van der Waals surface area (Å²) in [5.74, 6) is 0.269. The first-order chi connectivity index (χ1) is 18.1. The highest BCUT2D eigenvalue weighted by atomic mass is 32.3. The molecule has 0 aliphatic heterocycles. The molecule has 38 heavy (non-hydrogen) atoms. The van der Waals surface area contributed by atoms with Crippen LogP contribution in [0.1, 0.15) is 28.3 Å². The summed E-state index contributed by atoms with van der Waals surface area (Å²) in [6, 6.07) is 25.5. The average Bonchev–Trinajstić information content (AvgIpc) is 2.90. The van der Waals surface area contributed by atoms with Crippen LogP contribution in [0.5, 0.6) is 5.75 Å². The van der Waals surface area contributed by atoms with Gasteiger partial charge in [0.15, 0.2) is 9.92 Å². The number of aryl methyl sites for hydroxylation is 2. The van der Waals surface area contributed by atoms with Crippen LogP contribution in [0, 0.1) is 19.7 Å². The molecule has 0 fully saturated rings. The minimum Gasteiger partial charge on any atom is -0.497 e. The first-order valence-electron chi connectivity index (χ1n) is 11.9. The van der Waals surface area contributed by atoms with Gasteiger partial charge in [0.2, 0.25) is 0 Å². The second-order valence-corrected chi connectivity index (χ2v) is 12.8. The second-order valence-electron chi connectivity index (χ2n) is 8.98. The fraction of sp³-hybridized carbons (Fsp3) is 0.172. The van der Waals surface area contributed by atoms with Gasteiger partial charge >= 0.3 is 0 Å². The van der Waals surface area contributed by atoms with Crippen LogP contribution in [0.15, 0.2) is 111 Å². The first kappa shape index (κ1) is 27.5. The van der Waals surface area contributed by atoms with Crippen LogP contribution < -0.4 is 9.46 Å². The molecule has 0 amide bonds. The van der Waals surface area contributed by atoms with Gasteiger partial charge in [-0.1, -0.05) is 63.4 Å². The van der Waals surface area contributed by atoms with Gasteiger partial charge in [0, 0.05) is 6.04 Å². The van der Waals surface area contributed by atoms with Gasteiger partial charge in [-0.15, -0.1) is 0 Å². The zero-order chi connectivity index (χ0) is 27.3. The predicted molar refractivity (Wildman–Crippen MR) is 147 cm³/mol. The van der Waals surface area contributed by atoms with Crippen molar-refractivity contribution in [2.45, 2.75) is 36.1 Å². The summed E-state index contributed by atoms with van der Waals surface area (Å²) in [5.41, 5.74) is 3.32. The van der Waals surface area contributed by atoms with Gasteiger partial charge in [-0.3, -0.25) is 0 Å². The standard InChI is InChI=1S/C29H29FN2O4S2/c1-21-4-16-27(17-5-21)37(33,32-38(34,35)28-18-6-22(2)7-19-28)31-29(20-23-8-12-25(30)13-9-23)24-10-14-26(36-3)15-11-24/h4-19,29H,20H2,1-3H3,(H,31,32,33)/t29-,37?/m1/s1. The SMILES string of the molecule is COc1ccc([C@@H](Cc2ccc(F)cc2)NS(=O)(=NS(=O)(=O)c2ccc(C)cc2)c2ccc(C)cc2)cc1. The van der Waals surface area contributed by atoms with E-state index in [2.05, 4.69) is 8.49 Å². The Bertz CT molecular complexity index is 1610. The quantitative estimate of drug-likeness (QED) is 0.270. The molecule has 0 aliphatic rings. The van der Waals surface area contributed by atoms with Crippen molar-refractivity contribution in [3.05, 3.63) is 125 Å². The Labute approximate surface area is 223 Å². The number of ether oxygens (including phenoxy) is 1. The Morgan fingerprint density at radius 3 is 1.82 bits per heavy atom. The van der Waals surface area contributed by atoms with Gasteiger partial charge in [0.1, 0.15) is 11.6 Å². The Kier molecular flexibility index (Phi) is 8.30. The molecule has 1 unspecified atom stereocenters. The smallest absolute Gasteiger partial charge is 0.291 e. The fourth-order valence-electron chi connectivity index (χ4n) is 3.86. The largest absolute Gasteiger partial charge is 0.497 e. The van der Waals surface area contributed by atoms with Crippen molar-refractivity contribution >= 4 is 19.9 Å². The van der Waals surface area contributed by atoms with Crippen LogP contribution >= 0.6 is 0 Å². The fourth-order valence-corrected chi connectivity index (χ4v) is 7.55. The highest BCUT2D eigenvalue weighted by Gasteiger charge is 2.25. The zero-order valence-electron chi connectivity index (χ0n) is 21.3. The van der Waals surface area contributed by atoms with E-state index in [4.69, 9.17) is 4.74 Å². The summed E-state index contributed by atoms with van der Waals surface area (Å²) >= 11 is 0. The number of benzene rings is 4. The average molecular weight is 553 g/mol. The van der Waals surface area contributed by atoms with Crippen molar-refractivity contribution in [1.29, 1.82) is 0 Å². The van der Waals surface area contributed by atoms with E-state index in [-0.39, 0.29) is 15.6 Å². The molecule has 0 aromatic heterocycles. The number of hydrogen-bond acceptors (Lipinski definition) is 4. The molecule has 2 atom stereocenters. The lowest BCUT2D eigenvalue weighted by molar-refractivity contribution is 0.414. The van der Waals surface area contributed by atoms with Crippen molar-refractivity contribution in [3.63, 3.8) is 0 Å². The summed E-state index contributed by atoms with van der Waals surface area (Å²) in [5, 5.41) is 0. The third-order valence-electron chi connectivity index (χ3n) is 6.04. The summed E-state index contributed by atoms with van der Waals surface area (Å²) in [6.07, 6.45) is 0.301. The third-order valence-corrected chi connectivity index (χ3v) is 10.0. The number of methoxy groups -OCH3 is 1. The molecular weight excluding hydrogens is 523 g/mol. The number of hydrogen-bond donors (Lipinski definition) is 1. The molecule has 0 saturated heterocycles. The Morgan fingerprint density at radius 2 is 1.29 bits per heavy atom. The van der Waals surface area contributed by atoms with Gasteiger partial charge < -0.3 is 4.74 Å². The minimum atomic E-state index is -4.29. The van der Waals surface area contributed by atoms with Crippen LogP contribution in [-0.4, -0.2) is 19.7 Å². The van der Waals surface area contributed by atoms with Crippen molar-refractivity contribution in [2.75, 3.05) is 7.11 Å². The van der Waals surface area contributed by atoms with Crippen LogP contribution in [0.3, 0.4) is 0 Å². The molecule has 6 nitrogen and oxygen atoms in total. The van der Waals surface area contributed by atoms with E-state index < -0.39 is 26.0 Å². The van der Waals surface area contributed by atoms with E-state index in [9.17, 15) is 17.0 Å². The van der Waals surface area contributed by atoms with Crippen LogP contribution in [-0.2, 0) is 26.4 Å². The minimum absolute atomic E-state index is 0.0516. The lowest BCUT2D eigenvalue weighted by atomic mass is 9.99. The van der Waals surface area contributed by atoms with E-state index in [1.807, 2.05) is 26.0 Å². The number of halogens is 1. The van der Waals surface area contributed by atoms with E-state index in [0.717, 1.165) is 22.3 Å². The van der Waals surface area contributed by atoms with E-state index in [1.165, 1.54) is 24.3 Å². The summed E-state index contributed by atoms with van der Waals surface area (Å²) in [4.78, 5) is 0.181. The van der Waals surface area contributed by atoms with E-state index in [0.29, 0.717) is 12.2 Å². The molecule has 0 bridgehead atoms. The van der Waals surface area contributed by atoms with Crippen molar-refractivity contribution < 1.29 is 21.8 Å². The molecular formula is C29H29FN2O4S2. The van der Waals surface area contributed by atoms with Crippen LogP contribution in [0.25, 0.3) is 0 Å². The molecule has 4 rings (SSSR count). The zero-order valence-corrected chi connectivity index (χ0v) is 22.9. The molecule has 0 spiro atoms. The van der Waals surface area contributed by atoms with Crippen molar-refractivity contribution in [1.82, 2.24) is 4.72 Å². The highest BCUT2D eigenvalue weighted by Crippen LogP contribution is 2.27. The van der Waals surface area contributed by atoms with E-state index in [1.54, 1.807) is 67.8 Å². The van der Waals surface area contributed by atoms with Gasteiger partial charge in [0.05, 0.1) is 16.9 Å². The number of nitrogens with one attached hydrogen (secondary N) is 1. The number of rotatable bonds is 9. The molecule has 198 valence electrons. The monoisotopic (exact) mass is 552 g/mol. The Hall–Kier alpha value is -3.53. The molecule has 4 aromatic carbocycles. The summed E-state index contributed by atoms with van der Waals surface area (Å²) < 4.78 is 67.2. The molecule has 9 heteroatoms. The Balaban J connectivity index is 1.85. The molecule has 0 radical (unpaired) electrons. The van der Waals surface area contributed by atoms with Gasteiger partial charge in [-0.2, -0.15) is 8.42 Å². The van der Waals surface area contributed by atoms with Crippen LogP contribution in [0.4, 0.5) is 4.39 Å². The Morgan fingerprint density at radius 1 is 0.763 bits per heavy atom. The summed E-state index contributed by atoms with van der Waals surface area (Å²) in [7, 11) is -6.44. The lowest BCUT2D eigenvalue weighted by Crippen LogP contribution is -2.31. The molecule has 0 saturated carbocycles. The lowest BCUT2D eigenvalue weighted by Gasteiger charge is -2.23. The maximum Gasteiger partial charge on any atom is 0.291 e. The molecule has 4 aromatic rings. The van der Waals surface area contributed by atoms with Crippen LogP contribution in [0.2, 0.25) is 0 Å². The van der Waals surface area contributed by atoms with Gasteiger partial charge in [0.25, 0.3) is 10.0 Å². The molecule has 0 heterocycles. The summed E-state index contributed by atoms with van der Waals surface area (Å²) in [6.45, 7) is 3.73. The van der Waals surface area contributed by atoms with Gasteiger partial charge in [-0.25, -0.2) is 13.3 Å². The molecule has 0 aliphatic carbocycles. The normalized spacial score (nSPS) is 13.9. The van der Waals surface area contributed by atoms with E-state index >= 15 is 0 Å². The van der Waals surface area contributed by atoms with Crippen molar-refractivity contribution in [3.8, 4) is 5.75 Å². The highest BCUT2D eigenvalue weighted by molar-refractivity contribution is 8.02. The number of sulfonamides is 1. The first-order valence-corrected chi connectivity index (χ1v) is 14.9. The maximum absolute atomic E-state index is 14.6. The number of nitrogens with zero attached hydrogens (tertiary/aromatic N) is 1. The second kappa shape index (κ2) is 11.5. The predicted octanol–water partition coefficient (Wildman–Crippen LogP) is 6.16.